The summed E-state index contributed by atoms with van der Waals surface area (Å²) >= 11 is 0. The maximum atomic E-state index is 11.6. The van der Waals surface area contributed by atoms with E-state index in [4.69, 9.17) is 37.9 Å². The molecule has 1 amide bonds. The van der Waals surface area contributed by atoms with E-state index in [2.05, 4.69) is 5.32 Å². The largest absolute Gasteiger partial charge is 0.379 e. The summed E-state index contributed by atoms with van der Waals surface area (Å²) in [5.41, 5.74) is 0. The SMILES string of the molecule is CC(C)OCC(=O)CCCCCOCCOCCOCCOCCOCCOCCOCCNC(=O)C(C)C. The summed E-state index contributed by atoms with van der Waals surface area (Å²) in [5.74, 6) is 0.188. The number of carbonyl (C=O) groups excluding carboxylic acids is 2. The van der Waals surface area contributed by atoms with Gasteiger partial charge in [-0.15, -0.1) is 0 Å². The van der Waals surface area contributed by atoms with Gasteiger partial charge in [0, 0.05) is 25.5 Å². The fourth-order valence-corrected chi connectivity index (χ4v) is 2.91. The maximum Gasteiger partial charge on any atom is 0.222 e. The molecule has 0 spiro atoms. The molecule has 0 saturated heterocycles. The van der Waals surface area contributed by atoms with Gasteiger partial charge in [-0.25, -0.2) is 0 Å². The number of Topliss-reactive ketones (excluding diaryl/α,β-unsaturated/α-hetero) is 1. The molecule has 0 rings (SSSR count). The fraction of sp³-hybridized carbons (Fsp3) is 0.929. The molecule has 0 aromatic heterocycles. The van der Waals surface area contributed by atoms with Crippen LogP contribution in [0.1, 0.15) is 53.4 Å². The third-order valence-corrected chi connectivity index (χ3v) is 5.12. The summed E-state index contributed by atoms with van der Waals surface area (Å²) in [6.07, 6.45) is 3.47. The molecule has 0 aromatic carbocycles. The van der Waals surface area contributed by atoms with Crippen molar-refractivity contribution in [3.05, 3.63) is 0 Å². The Bertz CT molecular complexity index is 548. The zero-order valence-corrected chi connectivity index (χ0v) is 24.9. The van der Waals surface area contributed by atoms with Crippen molar-refractivity contribution in [3.8, 4) is 0 Å². The van der Waals surface area contributed by atoms with Crippen LogP contribution >= 0.6 is 0 Å². The van der Waals surface area contributed by atoms with Gasteiger partial charge in [0.25, 0.3) is 0 Å². The second kappa shape index (κ2) is 29.8. The van der Waals surface area contributed by atoms with Gasteiger partial charge in [-0.05, 0) is 26.7 Å². The predicted octanol–water partition coefficient (Wildman–Crippen LogP) is 2.43. The highest BCUT2D eigenvalue weighted by atomic mass is 16.6. The number of hydrogen-bond donors (Lipinski definition) is 1. The molecule has 11 nitrogen and oxygen atoms in total. The third kappa shape index (κ3) is 31.2. The van der Waals surface area contributed by atoms with E-state index in [0.717, 1.165) is 19.3 Å². The van der Waals surface area contributed by atoms with E-state index in [1.807, 2.05) is 27.7 Å². The van der Waals surface area contributed by atoms with E-state index in [0.29, 0.717) is 105 Å². The first-order valence-electron chi connectivity index (χ1n) is 14.4. The van der Waals surface area contributed by atoms with Gasteiger partial charge in [0.05, 0.1) is 92.0 Å². The zero-order chi connectivity index (χ0) is 28.8. The first-order chi connectivity index (χ1) is 18.9. The normalized spacial score (nSPS) is 11.5. The zero-order valence-electron chi connectivity index (χ0n) is 24.9. The predicted molar refractivity (Wildman–Crippen MR) is 148 cm³/mol. The van der Waals surface area contributed by atoms with Crippen LogP contribution in [0.2, 0.25) is 0 Å². The lowest BCUT2D eigenvalue weighted by molar-refractivity contribution is -0.125. The van der Waals surface area contributed by atoms with Crippen LogP contribution in [0.5, 0.6) is 0 Å². The first-order valence-corrected chi connectivity index (χ1v) is 14.4. The van der Waals surface area contributed by atoms with Gasteiger partial charge in [0.2, 0.25) is 5.91 Å². The molecule has 0 atom stereocenters. The number of carbonyl (C=O) groups is 2. The summed E-state index contributed by atoms with van der Waals surface area (Å²) in [5, 5.41) is 2.79. The van der Waals surface area contributed by atoms with Crippen molar-refractivity contribution in [2.75, 3.05) is 106 Å². The average Bonchev–Trinajstić information content (AvgIpc) is 2.91. The molecule has 232 valence electrons. The van der Waals surface area contributed by atoms with Crippen molar-refractivity contribution in [1.82, 2.24) is 5.32 Å². The van der Waals surface area contributed by atoms with E-state index < -0.39 is 0 Å². The molecule has 0 aliphatic heterocycles. The summed E-state index contributed by atoms with van der Waals surface area (Å²) in [4.78, 5) is 23.0. The van der Waals surface area contributed by atoms with Crippen LogP contribution in [0.25, 0.3) is 0 Å². The van der Waals surface area contributed by atoms with Crippen LogP contribution in [0.4, 0.5) is 0 Å². The Morgan fingerprint density at radius 3 is 1.36 bits per heavy atom. The Morgan fingerprint density at radius 1 is 0.538 bits per heavy atom. The third-order valence-electron chi connectivity index (χ3n) is 5.12. The molecule has 1 N–H and O–H groups in total. The quantitative estimate of drug-likeness (QED) is 0.126. The summed E-state index contributed by atoms with van der Waals surface area (Å²) in [6.45, 7) is 15.6. The monoisotopic (exact) mass is 565 g/mol. The standard InChI is InChI=1S/C28H55NO10/c1-25(2)28(31)29-9-11-33-13-15-35-17-19-37-21-23-38-22-20-36-18-16-34-14-12-32-10-7-5-6-8-27(30)24-39-26(3)4/h25-26H,5-24H2,1-4H3,(H,29,31). The molecule has 0 fully saturated rings. The molecular formula is C28H55NO10. The minimum Gasteiger partial charge on any atom is -0.379 e. The molecule has 0 unspecified atom stereocenters. The van der Waals surface area contributed by atoms with E-state index in [1.54, 1.807) is 0 Å². The Labute approximate surface area is 235 Å². The average molecular weight is 566 g/mol. The minimum atomic E-state index is -0.0112. The van der Waals surface area contributed by atoms with Crippen molar-refractivity contribution in [1.29, 1.82) is 0 Å². The van der Waals surface area contributed by atoms with Gasteiger partial charge in [-0.3, -0.25) is 9.59 Å². The highest BCUT2D eigenvalue weighted by molar-refractivity contribution is 5.79. The minimum absolute atomic E-state index is 0.0112. The lowest BCUT2D eigenvalue weighted by Crippen LogP contribution is -2.31. The Morgan fingerprint density at radius 2 is 0.949 bits per heavy atom. The number of hydrogen-bond acceptors (Lipinski definition) is 10. The van der Waals surface area contributed by atoms with E-state index in [9.17, 15) is 9.59 Å². The maximum absolute atomic E-state index is 11.6. The van der Waals surface area contributed by atoms with Gasteiger partial charge < -0.3 is 43.2 Å². The molecule has 0 aromatic rings. The fourth-order valence-electron chi connectivity index (χ4n) is 2.91. The Kier molecular flexibility index (Phi) is 28.9. The molecule has 0 aliphatic rings. The number of amides is 1. The van der Waals surface area contributed by atoms with Crippen LogP contribution < -0.4 is 5.32 Å². The first kappa shape index (κ1) is 37.8. The van der Waals surface area contributed by atoms with E-state index in [1.165, 1.54) is 0 Å². The van der Waals surface area contributed by atoms with Gasteiger partial charge >= 0.3 is 0 Å². The van der Waals surface area contributed by atoms with Gasteiger partial charge in [0.15, 0.2) is 5.78 Å². The Balaban J connectivity index is 3.11. The lowest BCUT2D eigenvalue weighted by atomic mass is 10.1. The number of unbranched alkanes of at least 4 members (excludes halogenated alkanes) is 2. The van der Waals surface area contributed by atoms with Crippen molar-refractivity contribution in [3.63, 3.8) is 0 Å². The molecule has 39 heavy (non-hydrogen) atoms. The number of nitrogens with one attached hydrogen (secondary N) is 1. The number of rotatable bonds is 31. The highest BCUT2D eigenvalue weighted by Crippen LogP contribution is 2.02. The molecule has 0 saturated carbocycles. The van der Waals surface area contributed by atoms with Gasteiger partial charge in [-0.2, -0.15) is 0 Å². The van der Waals surface area contributed by atoms with Crippen molar-refractivity contribution in [2.45, 2.75) is 59.5 Å². The number of ketones is 1. The van der Waals surface area contributed by atoms with Crippen molar-refractivity contribution >= 4 is 11.7 Å². The molecular weight excluding hydrogens is 510 g/mol. The molecule has 0 aliphatic carbocycles. The van der Waals surface area contributed by atoms with Crippen LogP contribution in [-0.2, 0) is 47.5 Å². The Hall–Kier alpha value is -1.18. The van der Waals surface area contributed by atoms with Gasteiger partial charge in [0.1, 0.15) is 6.61 Å². The van der Waals surface area contributed by atoms with Crippen LogP contribution in [0.3, 0.4) is 0 Å². The number of ether oxygens (including phenoxy) is 8. The van der Waals surface area contributed by atoms with Crippen LogP contribution in [-0.4, -0.2) is 123 Å². The van der Waals surface area contributed by atoms with Crippen LogP contribution in [0, 0.1) is 5.92 Å². The summed E-state index contributed by atoms with van der Waals surface area (Å²) in [7, 11) is 0. The van der Waals surface area contributed by atoms with Crippen molar-refractivity contribution < 1.29 is 47.5 Å². The lowest BCUT2D eigenvalue weighted by Gasteiger charge is -2.09. The van der Waals surface area contributed by atoms with E-state index in [-0.39, 0.29) is 30.3 Å². The second-order valence-corrected chi connectivity index (χ2v) is 9.44. The van der Waals surface area contributed by atoms with Gasteiger partial charge in [-0.1, -0.05) is 20.3 Å². The summed E-state index contributed by atoms with van der Waals surface area (Å²) in [6, 6.07) is 0. The second-order valence-electron chi connectivity index (χ2n) is 9.44. The van der Waals surface area contributed by atoms with Crippen LogP contribution in [0.15, 0.2) is 0 Å². The van der Waals surface area contributed by atoms with E-state index >= 15 is 0 Å². The molecule has 11 heteroatoms. The summed E-state index contributed by atoms with van der Waals surface area (Å²) < 4.78 is 43.5. The van der Waals surface area contributed by atoms with Crippen molar-refractivity contribution in [2.24, 2.45) is 5.92 Å². The topological polar surface area (TPSA) is 120 Å². The molecule has 0 heterocycles. The highest BCUT2D eigenvalue weighted by Gasteiger charge is 2.05. The smallest absolute Gasteiger partial charge is 0.222 e. The molecule has 0 radical (unpaired) electrons. The molecule has 0 bridgehead atoms.